The van der Waals surface area contributed by atoms with E-state index in [1.165, 1.54) is 27.5 Å². The summed E-state index contributed by atoms with van der Waals surface area (Å²) in [6, 6.07) is 10.8. The molecule has 2 rings (SSSR count). The van der Waals surface area contributed by atoms with Gasteiger partial charge in [-0.05, 0) is 47.4 Å². The average Bonchev–Trinajstić information content (AvgIpc) is 2.19. The highest BCUT2D eigenvalue weighted by molar-refractivity contribution is 5.88. The van der Waals surface area contributed by atoms with E-state index in [-0.39, 0.29) is 7.43 Å². The molecule has 0 spiro atoms. The van der Waals surface area contributed by atoms with Crippen LogP contribution in [0, 0.1) is 13.8 Å². The fraction of sp³-hybridized carbons (Fsp3) is 0.200. The lowest BCUT2D eigenvalue weighted by atomic mass is 9.99. The summed E-state index contributed by atoms with van der Waals surface area (Å²) in [5, 5.41) is 2.64. The molecule has 2 aromatic rings. The number of hydrogen-bond acceptors (Lipinski definition) is 0. The largest absolute Gasteiger partial charge is 0.0985 e. The lowest BCUT2D eigenvalue weighted by molar-refractivity contribution is 1.45. The van der Waals surface area contributed by atoms with E-state index in [2.05, 4.69) is 50.8 Å². The van der Waals surface area contributed by atoms with Crippen LogP contribution in [0.4, 0.5) is 0 Å². The molecule has 0 aromatic heterocycles. The van der Waals surface area contributed by atoms with Gasteiger partial charge >= 0.3 is 0 Å². The zero-order valence-electron chi connectivity index (χ0n) is 8.67. The monoisotopic (exact) mass is 198 g/mol. The van der Waals surface area contributed by atoms with Gasteiger partial charge in [0.1, 0.15) is 0 Å². The van der Waals surface area contributed by atoms with Gasteiger partial charge in [-0.2, -0.15) is 0 Å². The summed E-state index contributed by atoms with van der Waals surface area (Å²) in [5.41, 5.74) is 3.85. The van der Waals surface area contributed by atoms with Crippen molar-refractivity contribution in [3.8, 4) is 0 Å². The van der Waals surface area contributed by atoms with Crippen LogP contribution in [0.1, 0.15) is 24.1 Å². The topological polar surface area (TPSA) is 0 Å². The Bertz CT molecular complexity index is 493. The second-order valence-electron chi connectivity index (χ2n) is 3.71. The lowest BCUT2D eigenvalue weighted by Gasteiger charge is -2.06. The first-order chi connectivity index (χ1) is 6.72. The smallest absolute Gasteiger partial charge is 0.0152 e. The molecular weight excluding hydrogens is 180 g/mol. The number of aryl methyl sites for hydroxylation is 2. The van der Waals surface area contributed by atoms with Gasteiger partial charge in [0.2, 0.25) is 0 Å². The van der Waals surface area contributed by atoms with Crippen LogP contribution in [0.2, 0.25) is 0 Å². The van der Waals surface area contributed by atoms with Gasteiger partial charge in [-0.3, -0.25) is 0 Å². The minimum absolute atomic E-state index is 0. The zero-order chi connectivity index (χ0) is 10.1. The summed E-state index contributed by atoms with van der Waals surface area (Å²) < 4.78 is 0. The molecule has 0 heteroatoms. The highest BCUT2D eigenvalue weighted by Crippen LogP contribution is 2.23. The molecule has 0 aliphatic rings. The molecule has 0 unspecified atom stereocenters. The Morgan fingerprint density at radius 1 is 1.07 bits per heavy atom. The van der Waals surface area contributed by atoms with Crippen molar-refractivity contribution < 1.29 is 0 Å². The zero-order valence-corrected chi connectivity index (χ0v) is 8.67. The van der Waals surface area contributed by atoms with Crippen molar-refractivity contribution in [1.82, 2.24) is 0 Å². The molecule has 78 valence electrons. The van der Waals surface area contributed by atoms with E-state index in [4.69, 9.17) is 0 Å². The molecule has 2 aromatic carbocycles. The Morgan fingerprint density at radius 3 is 2.47 bits per heavy atom. The predicted molar refractivity (Wildman–Crippen MR) is 70.2 cm³/mol. The molecule has 0 N–H and O–H groups in total. The number of rotatable bonds is 1. The normalized spacial score (nSPS) is 9.73. The van der Waals surface area contributed by atoms with Crippen molar-refractivity contribution in [1.29, 1.82) is 0 Å². The summed E-state index contributed by atoms with van der Waals surface area (Å²) in [6.45, 7) is 8.10. The van der Waals surface area contributed by atoms with Crippen molar-refractivity contribution in [3.63, 3.8) is 0 Å². The molecular formula is C15H18. The Balaban J connectivity index is 0.00000112. The van der Waals surface area contributed by atoms with E-state index in [1.807, 2.05) is 6.08 Å². The molecule has 0 amide bonds. The summed E-state index contributed by atoms with van der Waals surface area (Å²) in [7, 11) is 0. The molecule has 0 saturated heterocycles. The number of hydrogen-bond donors (Lipinski definition) is 0. The third-order valence-corrected chi connectivity index (χ3v) is 2.70. The molecule has 0 bridgehead atoms. The maximum atomic E-state index is 3.82. The molecule has 0 fully saturated rings. The molecule has 15 heavy (non-hydrogen) atoms. The number of fused-ring (bicyclic) bond motifs is 1. The van der Waals surface area contributed by atoms with Crippen molar-refractivity contribution >= 4 is 16.8 Å². The minimum atomic E-state index is 0. The molecule has 0 aliphatic heterocycles. The number of benzene rings is 2. The first-order valence-corrected chi connectivity index (χ1v) is 4.85. The van der Waals surface area contributed by atoms with Crippen LogP contribution in [0.15, 0.2) is 36.9 Å². The van der Waals surface area contributed by atoms with Gasteiger partial charge in [0.15, 0.2) is 0 Å². The highest BCUT2D eigenvalue weighted by Gasteiger charge is 2.00. The highest BCUT2D eigenvalue weighted by atomic mass is 14.0. The summed E-state index contributed by atoms with van der Waals surface area (Å²) in [4.78, 5) is 0. The molecule has 0 atom stereocenters. The quantitative estimate of drug-likeness (QED) is 0.621. The first kappa shape index (κ1) is 11.5. The van der Waals surface area contributed by atoms with E-state index in [0.29, 0.717) is 0 Å². The van der Waals surface area contributed by atoms with E-state index < -0.39 is 0 Å². The fourth-order valence-electron chi connectivity index (χ4n) is 1.83. The van der Waals surface area contributed by atoms with Crippen molar-refractivity contribution in [3.05, 3.63) is 53.6 Å². The molecule has 0 radical (unpaired) electrons. The van der Waals surface area contributed by atoms with Crippen molar-refractivity contribution in [2.24, 2.45) is 0 Å². The van der Waals surface area contributed by atoms with Crippen molar-refractivity contribution in [2.45, 2.75) is 21.3 Å². The van der Waals surface area contributed by atoms with Gasteiger partial charge in [0, 0.05) is 0 Å². The van der Waals surface area contributed by atoms with Crippen LogP contribution in [-0.4, -0.2) is 0 Å². The Kier molecular flexibility index (Phi) is 3.31. The predicted octanol–water partition coefficient (Wildman–Crippen LogP) is 4.74. The van der Waals surface area contributed by atoms with Crippen LogP contribution in [-0.2, 0) is 0 Å². The fourth-order valence-corrected chi connectivity index (χ4v) is 1.83. The second kappa shape index (κ2) is 4.31. The van der Waals surface area contributed by atoms with Crippen molar-refractivity contribution in [2.75, 3.05) is 0 Å². The molecule has 0 saturated carbocycles. The van der Waals surface area contributed by atoms with Crippen LogP contribution in [0.3, 0.4) is 0 Å². The van der Waals surface area contributed by atoms with Crippen LogP contribution in [0.25, 0.3) is 16.8 Å². The Morgan fingerprint density at radius 2 is 1.80 bits per heavy atom. The van der Waals surface area contributed by atoms with E-state index in [0.717, 1.165) is 0 Å². The molecule has 0 nitrogen and oxygen atoms in total. The third-order valence-electron chi connectivity index (χ3n) is 2.70. The molecule has 0 aliphatic carbocycles. The maximum absolute atomic E-state index is 3.82. The second-order valence-corrected chi connectivity index (χ2v) is 3.71. The standard InChI is InChI=1S/C14H14.CH4/c1-4-12-9-13-7-5-6-10(2)14(13)8-11(12)3;/h4-9H,1H2,2-3H3;1H4. The summed E-state index contributed by atoms with van der Waals surface area (Å²) in [5.74, 6) is 0. The first-order valence-electron chi connectivity index (χ1n) is 4.85. The van der Waals surface area contributed by atoms with Gasteiger partial charge < -0.3 is 0 Å². The third kappa shape index (κ3) is 1.94. The summed E-state index contributed by atoms with van der Waals surface area (Å²) >= 11 is 0. The minimum Gasteiger partial charge on any atom is -0.0985 e. The molecule has 0 heterocycles. The van der Waals surface area contributed by atoms with E-state index >= 15 is 0 Å². The summed E-state index contributed by atoms with van der Waals surface area (Å²) in [6.07, 6.45) is 1.91. The van der Waals surface area contributed by atoms with Gasteiger partial charge in [0.05, 0.1) is 0 Å². The van der Waals surface area contributed by atoms with Gasteiger partial charge in [-0.25, -0.2) is 0 Å². The van der Waals surface area contributed by atoms with Gasteiger partial charge in [-0.1, -0.05) is 44.3 Å². The van der Waals surface area contributed by atoms with E-state index in [1.54, 1.807) is 0 Å². The SMILES string of the molecule is C.C=Cc1cc2cccc(C)c2cc1C. The van der Waals surface area contributed by atoms with Gasteiger partial charge in [0.25, 0.3) is 0 Å². The van der Waals surface area contributed by atoms with Crippen LogP contribution in [0.5, 0.6) is 0 Å². The van der Waals surface area contributed by atoms with Crippen LogP contribution >= 0.6 is 0 Å². The van der Waals surface area contributed by atoms with E-state index in [9.17, 15) is 0 Å². The lowest BCUT2D eigenvalue weighted by Crippen LogP contribution is -1.84. The Labute approximate surface area is 92.3 Å². The Hall–Kier alpha value is -1.56. The van der Waals surface area contributed by atoms with Crippen LogP contribution < -0.4 is 0 Å². The average molecular weight is 198 g/mol. The maximum Gasteiger partial charge on any atom is -0.0152 e. The van der Waals surface area contributed by atoms with Gasteiger partial charge in [-0.15, -0.1) is 0 Å².